The zero-order valence-corrected chi connectivity index (χ0v) is 17.6. The van der Waals surface area contributed by atoms with Crippen molar-refractivity contribution < 1.29 is 9.90 Å². The second-order valence-electron chi connectivity index (χ2n) is 7.86. The fourth-order valence-electron chi connectivity index (χ4n) is 4.42. The van der Waals surface area contributed by atoms with Gasteiger partial charge in [-0.05, 0) is 37.3 Å². The molecule has 1 atom stereocenters. The number of rotatable bonds is 6. The molecule has 1 unspecified atom stereocenters. The van der Waals surface area contributed by atoms with Gasteiger partial charge in [0.15, 0.2) is 0 Å². The van der Waals surface area contributed by atoms with Crippen LogP contribution in [0.25, 0.3) is 10.9 Å². The minimum absolute atomic E-state index is 0.0174. The third-order valence-electron chi connectivity index (χ3n) is 5.79. The van der Waals surface area contributed by atoms with Crippen molar-refractivity contribution in [2.75, 3.05) is 44.6 Å². The van der Waals surface area contributed by atoms with Crippen LogP contribution in [0.1, 0.15) is 29.9 Å². The molecule has 0 bridgehead atoms. The molecule has 0 radical (unpaired) electrons. The topological polar surface area (TPSA) is 84.5 Å². The molecular formula is C23H29N5O2. The van der Waals surface area contributed by atoms with Gasteiger partial charge in [-0.3, -0.25) is 19.6 Å². The van der Waals surface area contributed by atoms with Crippen molar-refractivity contribution in [3.05, 3.63) is 59.5 Å². The van der Waals surface area contributed by atoms with Crippen molar-refractivity contribution in [3.8, 4) is 0 Å². The average Bonchev–Trinajstić information content (AvgIpc) is 3.05. The lowest BCUT2D eigenvalue weighted by Gasteiger charge is -2.39. The van der Waals surface area contributed by atoms with Crippen molar-refractivity contribution in [2.45, 2.75) is 19.9 Å². The van der Waals surface area contributed by atoms with Crippen LogP contribution in [-0.4, -0.2) is 70.1 Å². The smallest absolute Gasteiger partial charge is 0.221 e. The molecule has 7 nitrogen and oxygen atoms in total. The van der Waals surface area contributed by atoms with Gasteiger partial charge in [0, 0.05) is 73.7 Å². The van der Waals surface area contributed by atoms with Gasteiger partial charge in [0.25, 0.3) is 0 Å². The third-order valence-corrected chi connectivity index (χ3v) is 5.79. The number of fused-ring (bicyclic) bond motifs is 1. The van der Waals surface area contributed by atoms with E-state index in [0.29, 0.717) is 6.54 Å². The molecule has 158 valence electrons. The number of H-pyrrole nitrogens is 1. The van der Waals surface area contributed by atoms with Crippen LogP contribution in [0.5, 0.6) is 0 Å². The summed E-state index contributed by atoms with van der Waals surface area (Å²) in [6, 6.07) is 12.1. The average molecular weight is 408 g/mol. The van der Waals surface area contributed by atoms with Crippen molar-refractivity contribution in [3.63, 3.8) is 0 Å². The van der Waals surface area contributed by atoms with Crippen molar-refractivity contribution in [1.82, 2.24) is 19.8 Å². The molecule has 1 amide bonds. The van der Waals surface area contributed by atoms with E-state index in [1.165, 1.54) is 12.5 Å². The minimum Gasteiger partial charge on any atom is -0.395 e. The highest BCUT2D eigenvalue weighted by atomic mass is 16.3. The van der Waals surface area contributed by atoms with Crippen LogP contribution in [0.4, 0.5) is 5.69 Å². The lowest BCUT2D eigenvalue weighted by molar-refractivity contribution is -0.114. The van der Waals surface area contributed by atoms with Gasteiger partial charge in [0.05, 0.1) is 18.3 Å². The van der Waals surface area contributed by atoms with Gasteiger partial charge in [-0.2, -0.15) is 0 Å². The number of nitrogens with zero attached hydrogens (tertiary/aromatic N) is 3. The van der Waals surface area contributed by atoms with Gasteiger partial charge in [-0.25, -0.2) is 0 Å². The third kappa shape index (κ3) is 4.23. The molecule has 0 saturated carbocycles. The van der Waals surface area contributed by atoms with E-state index in [0.717, 1.165) is 54.2 Å². The van der Waals surface area contributed by atoms with E-state index < -0.39 is 0 Å². The fourth-order valence-corrected chi connectivity index (χ4v) is 4.42. The molecule has 7 heteroatoms. The van der Waals surface area contributed by atoms with Crippen LogP contribution in [0.2, 0.25) is 0 Å². The van der Waals surface area contributed by atoms with Gasteiger partial charge in [-0.15, -0.1) is 0 Å². The second kappa shape index (κ2) is 8.95. The normalized spacial score (nSPS) is 16.6. The van der Waals surface area contributed by atoms with E-state index in [2.05, 4.69) is 33.1 Å². The van der Waals surface area contributed by atoms with Crippen LogP contribution in [0.15, 0.2) is 42.6 Å². The number of aliphatic hydroxyl groups excluding tert-OH is 1. The summed E-state index contributed by atoms with van der Waals surface area (Å²) in [5, 5.41) is 13.3. The summed E-state index contributed by atoms with van der Waals surface area (Å²) in [6.45, 7) is 8.18. The largest absolute Gasteiger partial charge is 0.395 e. The highest BCUT2D eigenvalue weighted by molar-refractivity contribution is 5.94. The fraction of sp³-hybridized carbons (Fsp3) is 0.391. The molecule has 1 aromatic carbocycles. The number of carbonyl (C=O) groups is 1. The molecular weight excluding hydrogens is 378 g/mol. The van der Waals surface area contributed by atoms with Crippen LogP contribution >= 0.6 is 0 Å². The van der Waals surface area contributed by atoms with E-state index in [-0.39, 0.29) is 18.6 Å². The molecule has 30 heavy (non-hydrogen) atoms. The lowest BCUT2D eigenvalue weighted by Crippen LogP contribution is -2.48. The zero-order valence-electron chi connectivity index (χ0n) is 17.6. The van der Waals surface area contributed by atoms with E-state index in [1.54, 1.807) is 0 Å². The Morgan fingerprint density at radius 2 is 2.03 bits per heavy atom. The quantitative estimate of drug-likeness (QED) is 0.585. The Morgan fingerprint density at radius 3 is 2.70 bits per heavy atom. The van der Waals surface area contributed by atoms with E-state index in [4.69, 9.17) is 4.98 Å². The Morgan fingerprint density at radius 1 is 1.23 bits per heavy atom. The Kier molecular flexibility index (Phi) is 6.13. The number of nitrogens with one attached hydrogen (secondary N) is 2. The van der Waals surface area contributed by atoms with Crippen LogP contribution in [0.3, 0.4) is 0 Å². The molecule has 1 fully saturated rings. The SMILES string of the molecule is CC(=O)Nc1ccc2[nH]c(C)c(C(c3ccccn3)N3CCN(CCO)CC3)c2c1. The molecule has 0 aliphatic carbocycles. The van der Waals surface area contributed by atoms with Gasteiger partial charge in [0.1, 0.15) is 0 Å². The molecule has 4 rings (SSSR count). The summed E-state index contributed by atoms with van der Waals surface area (Å²) in [4.78, 5) is 24.6. The van der Waals surface area contributed by atoms with Crippen LogP contribution < -0.4 is 5.32 Å². The maximum absolute atomic E-state index is 11.6. The number of hydrogen-bond acceptors (Lipinski definition) is 5. The minimum atomic E-state index is -0.0792. The second-order valence-corrected chi connectivity index (χ2v) is 7.86. The molecule has 0 spiro atoms. The highest BCUT2D eigenvalue weighted by Crippen LogP contribution is 2.37. The number of hydrogen-bond donors (Lipinski definition) is 3. The monoisotopic (exact) mass is 407 g/mol. The summed E-state index contributed by atoms with van der Waals surface area (Å²) >= 11 is 0. The number of benzene rings is 1. The maximum atomic E-state index is 11.6. The molecule has 3 aromatic rings. The number of piperazine rings is 1. The summed E-state index contributed by atoms with van der Waals surface area (Å²) in [6.07, 6.45) is 1.84. The Bertz CT molecular complexity index is 1010. The number of aryl methyl sites for hydroxylation is 1. The Balaban J connectivity index is 1.76. The number of pyridine rings is 1. The van der Waals surface area contributed by atoms with Gasteiger partial charge < -0.3 is 15.4 Å². The first-order valence-corrected chi connectivity index (χ1v) is 10.4. The molecule has 1 saturated heterocycles. The first kappa shape index (κ1) is 20.5. The Hall–Kier alpha value is -2.74. The summed E-state index contributed by atoms with van der Waals surface area (Å²) in [7, 11) is 0. The van der Waals surface area contributed by atoms with E-state index >= 15 is 0 Å². The number of aliphatic hydroxyl groups is 1. The number of anilines is 1. The first-order valence-electron chi connectivity index (χ1n) is 10.4. The van der Waals surface area contributed by atoms with E-state index in [9.17, 15) is 9.90 Å². The lowest BCUT2D eigenvalue weighted by atomic mass is 9.97. The number of carbonyl (C=O) groups excluding carboxylic acids is 1. The Labute approximate surface area is 176 Å². The van der Waals surface area contributed by atoms with Gasteiger partial charge >= 0.3 is 0 Å². The van der Waals surface area contributed by atoms with Crippen LogP contribution in [-0.2, 0) is 4.79 Å². The number of amides is 1. The van der Waals surface area contributed by atoms with E-state index in [1.807, 2.05) is 36.5 Å². The highest BCUT2D eigenvalue weighted by Gasteiger charge is 2.30. The molecule has 3 N–H and O–H groups in total. The van der Waals surface area contributed by atoms with Gasteiger partial charge in [-0.1, -0.05) is 6.07 Å². The van der Waals surface area contributed by atoms with Crippen LogP contribution in [0, 0.1) is 6.92 Å². The maximum Gasteiger partial charge on any atom is 0.221 e. The van der Waals surface area contributed by atoms with Gasteiger partial charge in [0.2, 0.25) is 5.91 Å². The van der Waals surface area contributed by atoms with Crippen molar-refractivity contribution >= 4 is 22.5 Å². The standard InChI is InChI=1S/C23H29N5O2/c1-16-22(19-15-18(26-17(2)30)6-7-20(19)25-16)23(21-5-3-4-8-24-21)28-11-9-27(10-12-28)13-14-29/h3-8,15,23,25,29H,9-14H2,1-2H3,(H,26,30). The number of aromatic nitrogens is 2. The number of aromatic amines is 1. The summed E-state index contributed by atoms with van der Waals surface area (Å²) in [5.41, 5.74) is 5.17. The molecule has 1 aliphatic rings. The zero-order chi connectivity index (χ0) is 21.1. The number of β-amino-alcohol motifs (C(OH)–C–C–N with tert-alkyl or cyclic N) is 1. The predicted octanol–water partition coefficient (Wildman–Crippen LogP) is 2.53. The predicted molar refractivity (Wildman–Crippen MR) is 119 cm³/mol. The molecule has 1 aliphatic heterocycles. The molecule has 3 heterocycles. The van der Waals surface area contributed by atoms with Crippen molar-refractivity contribution in [1.29, 1.82) is 0 Å². The summed E-state index contributed by atoms with van der Waals surface area (Å²) < 4.78 is 0. The summed E-state index contributed by atoms with van der Waals surface area (Å²) in [5.74, 6) is -0.0792. The first-order chi connectivity index (χ1) is 14.6. The van der Waals surface area contributed by atoms with Crippen molar-refractivity contribution in [2.24, 2.45) is 0 Å². The molecule has 2 aromatic heterocycles.